The summed E-state index contributed by atoms with van der Waals surface area (Å²) in [5.74, 6) is 0.733. The van der Waals surface area contributed by atoms with E-state index in [1.165, 1.54) is 9.13 Å². The molecule has 0 aliphatic carbocycles. The van der Waals surface area contributed by atoms with Gasteiger partial charge in [0, 0.05) is 8.59 Å². The van der Waals surface area contributed by atoms with Crippen molar-refractivity contribution in [3.05, 3.63) is 61.7 Å². The fraction of sp³-hybridized carbons (Fsp3) is 0.200. The first-order chi connectivity index (χ1) is 9.04. The summed E-state index contributed by atoms with van der Waals surface area (Å²) in [6.45, 7) is 2.07. The molecule has 4 heteroatoms. The normalized spacial score (nSPS) is 12.3. The average Bonchev–Trinajstić information content (AvgIpc) is 2.41. The van der Waals surface area contributed by atoms with Crippen LogP contribution >= 0.6 is 45.8 Å². The minimum absolute atomic E-state index is 0.259. The minimum atomic E-state index is -0.259. The fourth-order valence-corrected chi connectivity index (χ4v) is 3.44. The summed E-state index contributed by atoms with van der Waals surface area (Å²) in [6, 6.07) is 11.7. The van der Waals surface area contributed by atoms with Gasteiger partial charge in [0.05, 0.1) is 12.5 Å². The van der Waals surface area contributed by atoms with Crippen LogP contribution in [0.15, 0.2) is 36.4 Å². The van der Waals surface area contributed by atoms with Crippen molar-refractivity contribution in [1.29, 1.82) is 0 Å². The minimum Gasteiger partial charge on any atom is -0.497 e. The van der Waals surface area contributed by atoms with Gasteiger partial charge in [0.1, 0.15) is 5.75 Å². The van der Waals surface area contributed by atoms with Gasteiger partial charge < -0.3 is 4.74 Å². The topological polar surface area (TPSA) is 9.23 Å². The van der Waals surface area contributed by atoms with Crippen molar-refractivity contribution in [3.63, 3.8) is 0 Å². The summed E-state index contributed by atoms with van der Waals surface area (Å²) < 4.78 is 6.32. The van der Waals surface area contributed by atoms with Gasteiger partial charge in [-0.15, -0.1) is 11.6 Å². The lowest BCUT2D eigenvalue weighted by Crippen LogP contribution is -1.99. The number of aryl methyl sites for hydroxylation is 1. The van der Waals surface area contributed by atoms with E-state index in [0.29, 0.717) is 5.02 Å². The molecule has 1 nitrogen and oxygen atoms in total. The van der Waals surface area contributed by atoms with Crippen LogP contribution in [0.25, 0.3) is 0 Å². The van der Waals surface area contributed by atoms with Crippen molar-refractivity contribution in [2.24, 2.45) is 0 Å². The highest BCUT2D eigenvalue weighted by Gasteiger charge is 2.17. The second-order valence-corrected chi connectivity index (χ2v) is 6.15. The maximum absolute atomic E-state index is 6.58. The summed E-state index contributed by atoms with van der Waals surface area (Å²) in [5.41, 5.74) is 3.19. The molecule has 0 aliphatic rings. The lowest BCUT2D eigenvalue weighted by molar-refractivity contribution is 0.414. The number of halogens is 3. The van der Waals surface area contributed by atoms with Crippen LogP contribution in [0.1, 0.15) is 22.1 Å². The molecule has 1 unspecified atom stereocenters. The Bertz CT molecular complexity index is 599. The van der Waals surface area contributed by atoms with E-state index < -0.39 is 0 Å². The molecule has 0 N–H and O–H groups in total. The number of hydrogen-bond donors (Lipinski definition) is 0. The molecule has 2 aromatic carbocycles. The van der Waals surface area contributed by atoms with Crippen molar-refractivity contribution in [3.8, 4) is 5.75 Å². The smallest absolute Gasteiger partial charge is 0.120 e. The second kappa shape index (κ2) is 6.33. The highest BCUT2D eigenvalue weighted by atomic mass is 127. The van der Waals surface area contributed by atoms with Crippen molar-refractivity contribution in [2.45, 2.75) is 12.3 Å². The molecule has 2 aromatic rings. The summed E-state index contributed by atoms with van der Waals surface area (Å²) in [6.07, 6.45) is 0. The van der Waals surface area contributed by atoms with Gasteiger partial charge in [0.15, 0.2) is 0 Å². The molecule has 0 spiro atoms. The molecular weight excluding hydrogens is 394 g/mol. The molecule has 0 saturated heterocycles. The molecule has 0 amide bonds. The van der Waals surface area contributed by atoms with Gasteiger partial charge >= 0.3 is 0 Å². The summed E-state index contributed by atoms with van der Waals surface area (Å²) in [5, 5.41) is 0.363. The SMILES string of the molecule is COc1ccc(C(Cl)c2cccc(C)c2I)c(Cl)c1. The van der Waals surface area contributed by atoms with Crippen molar-refractivity contribution < 1.29 is 4.74 Å². The lowest BCUT2D eigenvalue weighted by Gasteiger charge is -2.15. The molecule has 0 aliphatic heterocycles. The summed E-state index contributed by atoms with van der Waals surface area (Å²) >= 11 is 15.2. The number of methoxy groups -OCH3 is 1. The lowest BCUT2D eigenvalue weighted by atomic mass is 10.0. The third-order valence-corrected chi connectivity index (χ3v) is 5.25. The van der Waals surface area contributed by atoms with E-state index in [0.717, 1.165) is 16.9 Å². The van der Waals surface area contributed by atoms with E-state index in [1.54, 1.807) is 13.2 Å². The first kappa shape index (κ1) is 14.9. The molecule has 1 atom stereocenters. The van der Waals surface area contributed by atoms with Crippen LogP contribution in [0.4, 0.5) is 0 Å². The number of rotatable bonds is 3. The zero-order chi connectivity index (χ0) is 14.0. The van der Waals surface area contributed by atoms with E-state index >= 15 is 0 Å². The Kier molecular flexibility index (Phi) is 4.98. The van der Waals surface area contributed by atoms with E-state index in [2.05, 4.69) is 35.6 Å². The standard InChI is InChI=1S/C15H13Cl2IO/c1-9-4-3-5-12(15(9)18)14(17)11-7-6-10(19-2)8-13(11)16/h3-8,14H,1-2H3. The monoisotopic (exact) mass is 406 g/mol. The van der Waals surface area contributed by atoms with Crippen molar-refractivity contribution in [2.75, 3.05) is 7.11 Å². The van der Waals surface area contributed by atoms with Gasteiger partial charge in [-0.1, -0.05) is 35.9 Å². The molecule has 0 radical (unpaired) electrons. The Morgan fingerprint density at radius 2 is 1.89 bits per heavy atom. The first-order valence-corrected chi connectivity index (χ1v) is 7.66. The first-order valence-electron chi connectivity index (χ1n) is 5.77. The Morgan fingerprint density at radius 1 is 1.16 bits per heavy atom. The van der Waals surface area contributed by atoms with Gasteiger partial charge in [0.2, 0.25) is 0 Å². The fourth-order valence-electron chi connectivity index (χ4n) is 1.87. The number of hydrogen-bond acceptors (Lipinski definition) is 1. The predicted octanol–water partition coefficient (Wildman–Crippen LogP) is 5.59. The van der Waals surface area contributed by atoms with E-state index in [4.69, 9.17) is 27.9 Å². The molecule has 100 valence electrons. The maximum atomic E-state index is 6.58. The Morgan fingerprint density at radius 3 is 2.53 bits per heavy atom. The van der Waals surface area contributed by atoms with Crippen LogP contribution in [0.3, 0.4) is 0 Å². The molecule has 0 heterocycles. The van der Waals surface area contributed by atoms with Crippen molar-refractivity contribution in [1.82, 2.24) is 0 Å². The van der Waals surface area contributed by atoms with Crippen LogP contribution < -0.4 is 4.74 Å². The Hall–Kier alpha value is -0.450. The molecule has 0 aromatic heterocycles. The van der Waals surface area contributed by atoms with Crippen LogP contribution in [0.2, 0.25) is 5.02 Å². The third-order valence-electron chi connectivity index (χ3n) is 2.98. The van der Waals surface area contributed by atoms with Crippen LogP contribution in [0, 0.1) is 10.5 Å². The zero-order valence-electron chi connectivity index (χ0n) is 10.6. The molecule has 0 fully saturated rings. The van der Waals surface area contributed by atoms with Crippen LogP contribution in [-0.4, -0.2) is 7.11 Å². The van der Waals surface area contributed by atoms with Gasteiger partial charge in [0.25, 0.3) is 0 Å². The number of benzene rings is 2. The molecular formula is C15H13Cl2IO. The van der Waals surface area contributed by atoms with Gasteiger partial charge in [-0.05, 0) is 58.3 Å². The van der Waals surface area contributed by atoms with Gasteiger partial charge in [-0.2, -0.15) is 0 Å². The second-order valence-electron chi connectivity index (χ2n) is 4.23. The Labute approximate surface area is 137 Å². The quantitative estimate of drug-likeness (QED) is 0.476. The predicted molar refractivity (Wildman–Crippen MR) is 89.6 cm³/mol. The zero-order valence-corrected chi connectivity index (χ0v) is 14.3. The van der Waals surface area contributed by atoms with E-state index in [9.17, 15) is 0 Å². The van der Waals surface area contributed by atoms with E-state index in [1.807, 2.05) is 24.3 Å². The third kappa shape index (κ3) is 3.18. The number of alkyl halides is 1. The van der Waals surface area contributed by atoms with Crippen molar-refractivity contribution >= 4 is 45.8 Å². The molecule has 0 saturated carbocycles. The van der Waals surface area contributed by atoms with Crippen LogP contribution in [-0.2, 0) is 0 Å². The number of ether oxygens (including phenoxy) is 1. The molecule has 19 heavy (non-hydrogen) atoms. The maximum Gasteiger partial charge on any atom is 0.120 e. The molecule has 0 bridgehead atoms. The highest BCUT2D eigenvalue weighted by molar-refractivity contribution is 14.1. The summed E-state index contributed by atoms with van der Waals surface area (Å²) in [4.78, 5) is 0. The van der Waals surface area contributed by atoms with E-state index in [-0.39, 0.29) is 5.38 Å². The Balaban J connectivity index is 2.44. The average molecular weight is 407 g/mol. The van der Waals surface area contributed by atoms with Crippen LogP contribution in [0.5, 0.6) is 5.75 Å². The largest absolute Gasteiger partial charge is 0.497 e. The van der Waals surface area contributed by atoms with Gasteiger partial charge in [-0.25, -0.2) is 0 Å². The highest BCUT2D eigenvalue weighted by Crippen LogP contribution is 2.37. The van der Waals surface area contributed by atoms with Gasteiger partial charge in [-0.3, -0.25) is 0 Å². The summed E-state index contributed by atoms with van der Waals surface area (Å²) in [7, 11) is 1.62. The molecule has 2 rings (SSSR count).